The third-order valence-electron chi connectivity index (χ3n) is 1.67. The molecule has 1 aromatic carbocycles. The molecule has 0 aliphatic rings. The van der Waals surface area contributed by atoms with Crippen molar-refractivity contribution in [3.8, 4) is 0 Å². The van der Waals surface area contributed by atoms with E-state index in [9.17, 15) is 0 Å². The maximum atomic E-state index is 5.88. The first-order chi connectivity index (χ1) is 5.70. The van der Waals surface area contributed by atoms with Gasteiger partial charge in [-0.3, -0.25) is 5.32 Å². The van der Waals surface area contributed by atoms with Crippen molar-refractivity contribution in [3.63, 3.8) is 0 Å². The Hall–Kier alpha value is -0.860. The van der Waals surface area contributed by atoms with Gasteiger partial charge in [0.05, 0.1) is 6.17 Å². The van der Waals surface area contributed by atoms with Crippen LogP contribution in [0.5, 0.6) is 0 Å². The highest BCUT2D eigenvalue weighted by atomic mass is 15.0. The van der Waals surface area contributed by atoms with Gasteiger partial charge in [-0.1, -0.05) is 30.3 Å². The second-order valence-electron chi connectivity index (χ2n) is 3.21. The minimum Gasteiger partial charge on any atom is -0.312 e. The Labute approximate surface area is 73.8 Å². The summed E-state index contributed by atoms with van der Waals surface area (Å²) in [7, 11) is 0. The average Bonchev–Trinajstić information content (AvgIpc) is 2.05. The highest BCUT2D eigenvalue weighted by molar-refractivity contribution is 5.17. The van der Waals surface area contributed by atoms with Crippen molar-refractivity contribution >= 4 is 0 Å². The molecule has 0 amide bonds. The zero-order chi connectivity index (χ0) is 8.97. The first-order valence-corrected chi connectivity index (χ1v) is 4.26. The molecule has 12 heavy (non-hydrogen) atoms. The Bertz CT molecular complexity index is 219. The van der Waals surface area contributed by atoms with Crippen LogP contribution < -0.4 is 11.1 Å². The van der Waals surface area contributed by atoms with Crippen molar-refractivity contribution in [2.24, 2.45) is 5.73 Å². The third kappa shape index (κ3) is 2.64. The van der Waals surface area contributed by atoms with Crippen molar-refractivity contribution < 1.29 is 0 Å². The molecule has 0 bridgehead atoms. The fraction of sp³-hybridized carbons (Fsp3) is 0.400. The summed E-state index contributed by atoms with van der Waals surface area (Å²) >= 11 is 0. The molecule has 2 nitrogen and oxygen atoms in total. The molecule has 0 heterocycles. The fourth-order valence-corrected chi connectivity index (χ4v) is 1.12. The number of nitrogens with two attached hydrogens (primary N) is 1. The summed E-state index contributed by atoms with van der Waals surface area (Å²) in [6, 6.07) is 10.5. The van der Waals surface area contributed by atoms with Crippen molar-refractivity contribution in [2.75, 3.05) is 0 Å². The molecule has 66 valence electrons. The molecule has 0 aliphatic carbocycles. The maximum Gasteiger partial charge on any atom is 0.0812 e. The van der Waals surface area contributed by atoms with E-state index in [4.69, 9.17) is 5.73 Å². The number of benzene rings is 1. The summed E-state index contributed by atoms with van der Waals surface area (Å²) in [4.78, 5) is 0. The predicted molar refractivity (Wildman–Crippen MR) is 51.6 cm³/mol. The Kier molecular flexibility index (Phi) is 3.26. The zero-order valence-electron chi connectivity index (χ0n) is 7.62. The summed E-state index contributed by atoms with van der Waals surface area (Å²) < 4.78 is 0. The predicted octanol–water partition coefficient (Wildman–Crippen LogP) is 1.64. The molecule has 1 atom stereocenters. The van der Waals surface area contributed by atoms with Crippen LogP contribution in [0.25, 0.3) is 0 Å². The molecular weight excluding hydrogens is 148 g/mol. The standard InChI is InChI=1S/C10H16N2/c1-8(2)12-10(11)9-6-4-3-5-7-9/h3-8,10,12H,11H2,1-2H3/t10-/m0/s1. The van der Waals surface area contributed by atoms with Crippen LogP contribution in [0.1, 0.15) is 25.6 Å². The van der Waals surface area contributed by atoms with Gasteiger partial charge in [0.2, 0.25) is 0 Å². The molecule has 0 aromatic heterocycles. The van der Waals surface area contributed by atoms with Gasteiger partial charge in [-0.2, -0.15) is 0 Å². The van der Waals surface area contributed by atoms with Crippen LogP contribution in [0.3, 0.4) is 0 Å². The Balaban J connectivity index is 2.59. The van der Waals surface area contributed by atoms with E-state index in [0.717, 1.165) is 5.56 Å². The van der Waals surface area contributed by atoms with Gasteiger partial charge in [0.1, 0.15) is 0 Å². The van der Waals surface area contributed by atoms with E-state index >= 15 is 0 Å². The second-order valence-corrected chi connectivity index (χ2v) is 3.21. The number of hydrogen-bond donors (Lipinski definition) is 2. The maximum absolute atomic E-state index is 5.88. The Morgan fingerprint density at radius 1 is 1.17 bits per heavy atom. The normalized spacial score (nSPS) is 13.3. The third-order valence-corrected chi connectivity index (χ3v) is 1.67. The lowest BCUT2D eigenvalue weighted by molar-refractivity contribution is 0.490. The highest BCUT2D eigenvalue weighted by Crippen LogP contribution is 2.06. The van der Waals surface area contributed by atoms with Crippen molar-refractivity contribution in [1.29, 1.82) is 0 Å². The molecule has 0 radical (unpaired) electrons. The Morgan fingerprint density at radius 3 is 2.25 bits per heavy atom. The number of rotatable bonds is 3. The van der Waals surface area contributed by atoms with E-state index in [1.165, 1.54) is 0 Å². The monoisotopic (exact) mass is 164 g/mol. The van der Waals surface area contributed by atoms with Crippen LogP contribution in [0.15, 0.2) is 30.3 Å². The van der Waals surface area contributed by atoms with Gasteiger partial charge in [-0.25, -0.2) is 0 Å². The first-order valence-electron chi connectivity index (χ1n) is 4.26. The molecule has 2 heteroatoms. The summed E-state index contributed by atoms with van der Waals surface area (Å²) in [6.45, 7) is 4.17. The minimum absolute atomic E-state index is 0.0498. The Morgan fingerprint density at radius 2 is 1.75 bits per heavy atom. The molecule has 0 saturated heterocycles. The zero-order valence-corrected chi connectivity index (χ0v) is 7.62. The molecule has 1 rings (SSSR count). The van der Waals surface area contributed by atoms with E-state index in [-0.39, 0.29) is 6.17 Å². The quantitative estimate of drug-likeness (QED) is 0.666. The lowest BCUT2D eigenvalue weighted by atomic mass is 10.1. The minimum atomic E-state index is -0.0498. The fourth-order valence-electron chi connectivity index (χ4n) is 1.12. The SMILES string of the molecule is CC(C)N[C@H](N)c1ccccc1. The average molecular weight is 164 g/mol. The number of nitrogens with one attached hydrogen (secondary N) is 1. The molecule has 0 aliphatic heterocycles. The van der Waals surface area contributed by atoms with E-state index in [2.05, 4.69) is 19.2 Å². The molecule has 0 unspecified atom stereocenters. The van der Waals surface area contributed by atoms with Crippen LogP contribution in [-0.2, 0) is 0 Å². The summed E-state index contributed by atoms with van der Waals surface area (Å²) in [5, 5.41) is 3.24. The molecule has 0 saturated carbocycles. The lowest BCUT2D eigenvalue weighted by Gasteiger charge is -2.16. The van der Waals surface area contributed by atoms with E-state index in [1.54, 1.807) is 0 Å². The largest absolute Gasteiger partial charge is 0.312 e. The van der Waals surface area contributed by atoms with Crippen LogP contribution in [0.2, 0.25) is 0 Å². The highest BCUT2D eigenvalue weighted by Gasteiger charge is 2.04. The lowest BCUT2D eigenvalue weighted by Crippen LogP contribution is -2.33. The molecule has 0 spiro atoms. The molecule has 3 N–H and O–H groups in total. The smallest absolute Gasteiger partial charge is 0.0812 e. The van der Waals surface area contributed by atoms with Gasteiger partial charge >= 0.3 is 0 Å². The summed E-state index contributed by atoms with van der Waals surface area (Å²) in [6.07, 6.45) is -0.0498. The van der Waals surface area contributed by atoms with Crippen LogP contribution in [0.4, 0.5) is 0 Å². The second kappa shape index (κ2) is 4.24. The van der Waals surface area contributed by atoms with E-state index in [1.807, 2.05) is 30.3 Å². The van der Waals surface area contributed by atoms with Gasteiger partial charge in [0.15, 0.2) is 0 Å². The molecule has 1 aromatic rings. The summed E-state index contributed by atoms with van der Waals surface area (Å²) in [5.41, 5.74) is 7.02. The van der Waals surface area contributed by atoms with Gasteiger partial charge in [0.25, 0.3) is 0 Å². The van der Waals surface area contributed by atoms with Crippen molar-refractivity contribution in [1.82, 2.24) is 5.32 Å². The summed E-state index contributed by atoms with van der Waals surface area (Å²) in [5.74, 6) is 0. The van der Waals surface area contributed by atoms with Crippen LogP contribution in [-0.4, -0.2) is 6.04 Å². The van der Waals surface area contributed by atoms with Crippen molar-refractivity contribution in [2.45, 2.75) is 26.1 Å². The van der Waals surface area contributed by atoms with Gasteiger partial charge in [-0.05, 0) is 19.4 Å². The topological polar surface area (TPSA) is 38.0 Å². The van der Waals surface area contributed by atoms with Gasteiger partial charge < -0.3 is 5.73 Å². The van der Waals surface area contributed by atoms with Gasteiger partial charge in [-0.15, -0.1) is 0 Å². The molecule has 0 fully saturated rings. The van der Waals surface area contributed by atoms with E-state index < -0.39 is 0 Å². The van der Waals surface area contributed by atoms with Crippen molar-refractivity contribution in [3.05, 3.63) is 35.9 Å². The first kappa shape index (κ1) is 9.23. The van der Waals surface area contributed by atoms with Crippen LogP contribution in [0, 0.1) is 0 Å². The molecular formula is C10H16N2. The number of hydrogen-bond acceptors (Lipinski definition) is 2. The van der Waals surface area contributed by atoms with Gasteiger partial charge in [0, 0.05) is 6.04 Å². The van der Waals surface area contributed by atoms with E-state index in [0.29, 0.717) is 6.04 Å². The van der Waals surface area contributed by atoms with Crippen LogP contribution >= 0.6 is 0 Å².